The first-order chi connectivity index (χ1) is 5.38. The van der Waals surface area contributed by atoms with E-state index in [-0.39, 0.29) is 0 Å². The van der Waals surface area contributed by atoms with E-state index in [9.17, 15) is 4.39 Å². The lowest BCUT2D eigenvalue weighted by Gasteiger charge is -1.93. The molecule has 0 aliphatic heterocycles. The summed E-state index contributed by atoms with van der Waals surface area (Å²) in [5, 5.41) is 8.07. The topological polar surface area (TPSA) is 25.8 Å². The highest BCUT2D eigenvalue weighted by molar-refractivity contribution is 5.80. The monoisotopic (exact) mass is 148 g/mol. The highest BCUT2D eigenvalue weighted by Crippen LogP contribution is 2.12. The minimum atomic E-state index is -0.511. The quantitative estimate of drug-likeness (QED) is 0.569. The van der Waals surface area contributed by atoms with Gasteiger partial charge in [0.1, 0.15) is 0 Å². The third-order valence-corrected chi connectivity index (χ3v) is 1.53. The first-order valence-corrected chi connectivity index (χ1v) is 3.24. The minimum Gasteiger partial charge on any atom is -0.182 e. The van der Waals surface area contributed by atoms with E-state index >= 15 is 0 Å². The van der Waals surface area contributed by atoms with Crippen molar-refractivity contribution >= 4 is 10.8 Å². The van der Waals surface area contributed by atoms with E-state index < -0.39 is 5.95 Å². The molecule has 0 radical (unpaired) electrons. The van der Waals surface area contributed by atoms with E-state index in [0.29, 0.717) is 5.39 Å². The van der Waals surface area contributed by atoms with E-state index in [1.807, 2.05) is 6.07 Å². The molecule has 0 aliphatic rings. The molecule has 0 spiro atoms. The first-order valence-electron chi connectivity index (χ1n) is 3.24. The Labute approximate surface area is 62.7 Å². The fourth-order valence-electron chi connectivity index (χ4n) is 0.993. The lowest BCUT2D eigenvalue weighted by molar-refractivity contribution is 0.577. The van der Waals surface area contributed by atoms with E-state index in [0.717, 1.165) is 5.39 Å². The van der Waals surface area contributed by atoms with Crippen molar-refractivity contribution in [3.8, 4) is 0 Å². The number of nitrogens with zero attached hydrogens (tertiary/aromatic N) is 2. The summed E-state index contributed by atoms with van der Waals surface area (Å²) < 4.78 is 12.8. The Balaban J connectivity index is 2.91. The van der Waals surface area contributed by atoms with Gasteiger partial charge in [-0.25, -0.2) is 0 Å². The van der Waals surface area contributed by atoms with Gasteiger partial charge in [-0.2, -0.15) is 9.49 Å². The summed E-state index contributed by atoms with van der Waals surface area (Å²) >= 11 is 0. The summed E-state index contributed by atoms with van der Waals surface area (Å²) in [7, 11) is 0. The van der Waals surface area contributed by atoms with Crippen molar-refractivity contribution in [3.05, 3.63) is 36.4 Å². The third-order valence-electron chi connectivity index (χ3n) is 1.53. The SMILES string of the molecule is Fc1nncc2ccccc12. The zero-order chi connectivity index (χ0) is 7.68. The van der Waals surface area contributed by atoms with E-state index in [1.54, 1.807) is 24.4 Å². The van der Waals surface area contributed by atoms with Gasteiger partial charge in [0.2, 0.25) is 5.95 Å². The molecule has 0 bridgehead atoms. The third kappa shape index (κ3) is 0.941. The van der Waals surface area contributed by atoms with E-state index in [4.69, 9.17) is 0 Å². The van der Waals surface area contributed by atoms with Crippen molar-refractivity contribution in [2.24, 2.45) is 0 Å². The van der Waals surface area contributed by atoms with Crippen LogP contribution < -0.4 is 0 Å². The van der Waals surface area contributed by atoms with Crippen molar-refractivity contribution in [3.63, 3.8) is 0 Å². The Bertz CT molecular complexity index is 381. The van der Waals surface area contributed by atoms with E-state index in [1.165, 1.54) is 0 Å². The van der Waals surface area contributed by atoms with Gasteiger partial charge >= 0.3 is 0 Å². The first kappa shape index (κ1) is 6.22. The van der Waals surface area contributed by atoms with Gasteiger partial charge < -0.3 is 0 Å². The molecule has 0 amide bonds. The van der Waals surface area contributed by atoms with Gasteiger partial charge in [0.15, 0.2) is 0 Å². The molecule has 0 saturated heterocycles. The highest BCUT2D eigenvalue weighted by atomic mass is 19.1. The molecule has 0 N–H and O–H groups in total. The predicted octanol–water partition coefficient (Wildman–Crippen LogP) is 1.77. The maximum Gasteiger partial charge on any atom is 0.241 e. The number of rotatable bonds is 0. The average molecular weight is 148 g/mol. The maximum absolute atomic E-state index is 12.8. The molecule has 2 rings (SSSR count). The van der Waals surface area contributed by atoms with Gasteiger partial charge in [0, 0.05) is 10.8 Å². The summed E-state index contributed by atoms with van der Waals surface area (Å²) in [5.41, 5.74) is 0. The number of benzene rings is 1. The van der Waals surface area contributed by atoms with Crippen LogP contribution in [0.2, 0.25) is 0 Å². The standard InChI is InChI=1S/C8H5FN2/c9-8-7-4-2-1-3-6(7)5-10-11-8/h1-5H. The van der Waals surface area contributed by atoms with Gasteiger partial charge in [-0.1, -0.05) is 18.2 Å². The Morgan fingerprint density at radius 2 is 2.00 bits per heavy atom. The molecular weight excluding hydrogens is 143 g/mol. The number of halogens is 1. The van der Waals surface area contributed by atoms with Crippen molar-refractivity contribution < 1.29 is 4.39 Å². The zero-order valence-corrected chi connectivity index (χ0v) is 5.66. The van der Waals surface area contributed by atoms with Crippen LogP contribution in [0.3, 0.4) is 0 Å². The molecule has 1 aromatic carbocycles. The fraction of sp³-hybridized carbons (Fsp3) is 0. The van der Waals surface area contributed by atoms with Crippen molar-refractivity contribution in [1.29, 1.82) is 0 Å². The van der Waals surface area contributed by atoms with Crippen LogP contribution >= 0.6 is 0 Å². The molecule has 3 heteroatoms. The maximum atomic E-state index is 12.8. The number of fused-ring (bicyclic) bond motifs is 1. The highest BCUT2D eigenvalue weighted by Gasteiger charge is 1.98. The summed E-state index contributed by atoms with van der Waals surface area (Å²) in [5.74, 6) is -0.511. The smallest absolute Gasteiger partial charge is 0.182 e. The summed E-state index contributed by atoms with van der Waals surface area (Å²) in [6.45, 7) is 0. The summed E-state index contributed by atoms with van der Waals surface area (Å²) in [6.07, 6.45) is 1.54. The van der Waals surface area contributed by atoms with Crippen LogP contribution in [0, 0.1) is 5.95 Å². The van der Waals surface area contributed by atoms with E-state index in [2.05, 4.69) is 10.2 Å². The summed E-state index contributed by atoms with van der Waals surface area (Å²) in [6, 6.07) is 7.09. The molecular formula is C8H5FN2. The lowest BCUT2D eigenvalue weighted by atomic mass is 10.2. The molecule has 54 valence electrons. The molecule has 0 saturated carbocycles. The van der Waals surface area contributed by atoms with Crippen molar-refractivity contribution in [1.82, 2.24) is 10.2 Å². The largest absolute Gasteiger partial charge is 0.241 e. The van der Waals surface area contributed by atoms with Gasteiger partial charge in [0.05, 0.1) is 6.20 Å². The van der Waals surface area contributed by atoms with Crippen LogP contribution in [0.4, 0.5) is 4.39 Å². The summed E-state index contributed by atoms with van der Waals surface area (Å²) in [4.78, 5) is 0. The predicted molar refractivity (Wildman–Crippen MR) is 39.5 cm³/mol. The van der Waals surface area contributed by atoms with Crippen LogP contribution in [0.1, 0.15) is 0 Å². The van der Waals surface area contributed by atoms with Crippen LogP contribution in [0.25, 0.3) is 10.8 Å². The molecule has 1 heterocycles. The van der Waals surface area contributed by atoms with Crippen LogP contribution in [0.5, 0.6) is 0 Å². The second-order valence-corrected chi connectivity index (χ2v) is 2.22. The van der Waals surface area contributed by atoms with Crippen LogP contribution in [-0.2, 0) is 0 Å². The Hall–Kier alpha value is -1.51. The average Bonchev–Trinajstić information content (AvgIpc) is 2.06. The van der Waals surface area contributed by atoms with Gasteiger partial charge in [-0.15, -0.1) is 5.10 Å². The van der Waals surface area contributed by atoms with Crippen LogP contribution in [-0.4, -0.2) is 10.2 Å². The van der Waals surface area contributed by atoms with Crippen molar-refractivity contribution in [2.75, 3.05) is 0 Å². The van der Waals surface area contributed by atoms with Crippen molar-refractivity contribution in [2.45, 2.75) is 0 Å². The lowest BCUT2D eigenvalue weighted by Crippen LogP contribution is -1.87. The zero-order valence-electron chi connectivity index (χ0n) is 5.66. The van der Waals surface area contributed by atoms with Gasteiger partial charge in [-0.05, 0) is 6.07 Å². The van der Waals surface area contributed by atoms with Gasteiger partial charge in [-0.3, -0.25) is 0 Å². The van der Waals surface area contributed by atoms with Crippen LogP contribution in [0.15, 0.2) is 30.5 Å². The second kappa shape index (κ2) is 2.27. The second-order valence-electron chi connectivity index (χ2n) is 2.22. The Morgan fingerprint density at radius 1 is 1.18 bits per heavy atom. The molecule has 0 aliphatic carbocycles. The molecule has 0 unspecified atom stereocenters. The normalized spacial score (nSPS) is 10.3. The number of hydrogen-bond donors (Lipinski definition) is 0. The Kier molecular flexibility index (Phi) is 1.28. The molecule has 2 aromatic rings. The van der Waals surface area contributed by atoms with Gasteiger partial charge in [0.25, 0.3) is 0 Å². The fourth-order valence-corrected chi connectivity index (χ4v) is 0.993. The number of aromatic nitrogens is 2. The molecule has 0 fully saturated rings. The number of hydrogen-bond acceptors (Lipinski definition) is 2. The molecule has 11 heavy (non-hydrogen) atoms. The minimum absolute atomic E-state index is 0.511. The Morgan fingerprint density at radius 3 is 2.82 bits per heavy atom. The molecule has 0 atom stereocenters. The molecule has 1 aromatic heterocycles. The molecule has 2 nitrogen and oxygen atoms in total.